The van der Waals surface area contributed by atoms with Gasteiger partial charge in [-0.15, -0.1) is 0 Å². The van der Waals surface area contributed by atoms with E-state index in [0.29, 0.717) is 0 Å². The number of ether oxygens (including phenoxy) is 1. The molecule has 0 aliphatic carbocycles. The quantitative estimate of drug-likeness (QED) is 0.714. The first-order valence-electron chi connectivity index (χ1n) is 5.70. The van der Waals surface area contributed by atoms with Crippen LogP contribution >= 0.6 is 15.9 Å². The van der Waals surface area contributed by atoms with Gasteiger partial charge in [-0.2, -0.15) is 4.98 Å². The maximum Gasteiger partial charge on any atom is 0.245 e. The molecule has 2 N–H and O–H groups in total. The van der Waals surface area contributed by atoms with Crippen LogP contribution in [0.5, 0.6) is 5.88 Å². The summed E-state index contributed by atoms with van der Waals surface area (Å²) in [6, 6.07) is 2.01. The van der Waals surface area contributed by atoms with Crippen molar-refractivity contribution in [1.82, 2.24) is 19.5 Å². The van der Waals surface area contributed by atoms with Crippen molar-refractivity contribution in [3.63, 3.8) is 0 Å². The summed E-state index contributed by atoms with van der Waals surface area (Å²) in [5.41, 5.74) is 6.18. The molecule has 1 aromatic carbocycles. The Balaban J connectivity index is 2.36. The molecule has 108 valence electrons. The van der Waals surface area contributed by atoms with Crippen LogP contribution in [0.15, 0.2) is 22.9 Å². The van der Waals surface area contributed by atoms with Gasteiger partial charge in [-0.05, 0) is 22.0 Å². The monoisotopic (exact) mass is 355 g/mol. The summed E-state index contributed by atoms with van der Waals surface area (Å²) in [5.74, 6) is -1.16. The van der Waals surface area contributed by atoms with Crippen LogP contribution in [0.2, 0.25) is 0 Å². The van der Waals surface area contributed by atoms with Gasteiger partial charge in [0.25, 0.3) is 0 Å². The fraction of sp³-hybridized carbons (Fsp3) is 0.0833. The van der Waals surface area contributed by atoms with Crippen molar-refractivity contribution in [2.75, 3.05) is 12.8 Å². The number of anilines is 1. The normalized spacial score (nSPS) is 11.0. The van der Waals surface area contributed by atoms with Gasteiger partial charge in [0.2, 0.25) is 11.8 Å². The molecule has 0 amide bonds. The van der Waals surface area contributed by atoms with E-state index in [2.05, 4.69) is 30.9 Å². The average molecular weight is 356 g/mol. The van der Waals surface area contributed by atoms with E-state index in [1.807, 2.05) is 0 Å². The Hall–Kier alpha value is -2.29. The number of hydrogen-bond acceptors (Lipinski definition) is 5. The summed E-state index contributed by atoms with van der Waals surface area (Å²) in [6.07, 6.45) is 1.23. The van der Waals surface area contributed by atoms with Crippen molar-refractivity contribution in [2.45, 2.75) is 0 Å². The van der Waals surface area contributed by atoms with Crippen molar-refractivity contribution in [3.05, 3.63) is 34.6 Å². The largest absolute Gasteiger partial charge is 0.479 e. The van der Waals surface area contributed by atoms with Crippen molar-refractivity contribution >= 4 is 33.0 Å². The van der Waals surface area contributed by atoms with Crippen LogP contribution in [0.3, 0.4) is 0 Å². The molecule has 0 saturated heterocycles. The first-order chi connectivity index (χ1) is 10.0. The van der Waals surface area contributed by atoms with Crippen molar-refractivity contribution in [2.24, 2.45) is 0 Å². The Bertz CT molecular complexity index is 851. The standard InChI is InChI=1S/C12H8BrF2N5O/c1-21-11-9-10(17-4-18-11)20(12(16)19-9)8-3-6(14)5(13)2-7(8)15/h2-4H,1H3,(H2,16,19). The fourth-order valence-electron chi connectivity index (χ4n) is 1.96. The predicted molar refractivity (Wildman–Crippen MR) is 75.2 cm³/mol. The van der Waals surface area contributed by atoms with Crippen LogP contribution in [0.25, 0.3) is 16.9 Å². The van der Waals surface area contributed by atoms with E-state index < -0.39 is 11.6 Å². The van der Waals surface area contributed by atoms with E-state index in [4.69, 9.17) is 10.5 Å². The third-order valence-corrected chi connectivity index (χ3v) is 3.47. The Kier molecular flexibility index (Phi) is 3.20. The molecule has 0 atom stereocenters. The van der Waals surface area contributed by atoms with E-state index in [0.717, 1.165) is 12.1 Å². The van der Waals surface area contributed by atoms with Gasteiger partial charge in [-0.1, -0.05) is 0 Å². The van der Waals surface area contributed by atoms with Gasteiger partial charge >= 0.3 is 0 Å². The molecule has 2 aromatic heterocycles. The minimum Gasteiger partial charge on any atom is -0.479 e. The maximum absolute atomic E-state index is 14.1. The van der Waals surface area contributed by atoms with Crippen LogP contribution in [-0.4, -0.2) is 26.6 Å². The SMILES string of the molecule is COc1ncnc2c1nc(N)n2-c1cc(F)c(Br)cc1F. The fourth-order valence-corrected chi connectivity index (χ4v) is 2.27. The highest BCUT2D eigenvalue weighted by Gasteiger charge is 2.19. The zero-order valence-corrected chi connectivity index (χ0v) is 12.2. The van der Waals surface area contributed by atoms with Gasteiger partial charge in [-0.25, -0.2) is 18.7 Å². The van der Waals surface area contributed by atoms with Gasteiger partial charge in [0.15, 0.2) is 11.2 Å². The third kappa shape index (κ3) is 2.09. The second kappa shape index (κ2) is 4.92. The van der Waals surface area contributed by atoms with E-state index in [1.54, 1.807) is 0 Å². The molecule has 0 fully saturated rings. The lowest BCUT2D eigenvalue weighted by atomic mass is 10.3. The molecule has 3 rings (SSSR count). The number of imidazole rings is 1. The van der Waals surface area contributed by atoms with Crippen LogP contribution in [0, 0.1) is 11.6 Å². The molecule has 0 aliphatic heterocycles. The van der Waals surface area contributed by atoms with E-state index >= 15 is 0 Å². The van der Waals surface area contributed by atoms with Gasteiger partial charge < -0.3 is 10.5 Å². The zero-order chi connectivity index (χ0) is 15.1. The molecular formula is C12H8BrF2N5O. The number of nitrogens with zero attached hydrogens (tertiary/aromatic N) is 4. The number of methoxy groups -OCH3 is 1. The van der Waals surface area contributed by atoms with Crippen molar-refractivity contribution < 1.29 is 13.5 Å². The van der Waals surface area contributed by atoms with E-state index in [9.17, 15) is 8.78 Å². The zero-order valence-electron chi connectivity index (χ0n) is 10.6. The highest BCUT2D eigenvalue weighted by Crippen LogP contribution is 2.29. The van der Waals surface area contributed by atoms with Gasteiger partial charge in [-0.3, -0.25) is 4.57 Å². The Morgan fingerprint density at radius 1 is 1.24 bits per heavy atom. The number of rotatable bonds is 2. The predicted octanol–water partition coefficient (Wildman–Crippen LogP) is 2.45. The van der Waals surface area contributed by atoms with E-state index in [1.165, 1.54) is 18.0 Å². The number of fused-ring (bicyclic) bond motifs is 1. The number of nitrogens with two attached hydrogens (primary N) is 1. The highest BCUT2D eigenvalue weighted by molar-refractivity contribution is 9.10. The molecule has 3 aromatic rings. The molecule has 0 saturated carbocycles. The summed E-state index contributed by atoms with van der Waals surface area (Å²) in [5, 5.41) is 0. The summed E-state index contributed by atoms with van der Waals surface area (Å²) >= 11 is 2.92. The van der Waals surface area contributed by atoms with Crippen LogP contribution in [-0.2, 0) is 0 Å². The third-order valence-electron chi connectivity index (χ3n) is 2.86. The molecular weight excluding hydrogens is 348 g/mol. The van der Waals surface area contributed by atoms with Crippen LogP contribution in [0.4, 0.5) is 14.7 Å². The minimum absolute atomic E-state index is 0.0129. The Labute approximate surface area is 125 Å². The summed E-state index contributed by atoms with van der Waals surface area (Å²) in [4.78, 5) is 11.9. The smallest absolute Gasteiger partial charge is 0.245 e. The molecule has 0 unspecified atom stereocenters. The van der Waals surface area contributed by atoms with Crippen LogP contribution < -0.4 is 10.5 Å². The Morgan fingerprint density at radius 3 is 2.71 bits per heavy atom. The van der Waals surface area contributed by atoms with Gasteiger partial charge in [0, 0.05) is 6.07 Å². The van der Waals surface area contributed by atoms with Gasteiger partial charge in [0.1, 0.15) is 18.0 Å². The topological polar surface area (TPSA) is 78.8 Å². The minimum atomic E-state index is -0.674. The number of aromatic nitrogens is 4. The summed E-state index contributed by atoms with van der Waals surface area (Å²) < 4.78 is 34.1. The molecule has 0 bridgehead atoms. The molecule has 0 aliphatic rings. The number of hydrogen-bond donors (Lipinski definition) is 1. The lowest BCUT2D eigenvalue weighted by Crippen LogP contribution is -2.05. The molecule has 6 nitrogen and oxygen atoms in total. The molecule has 0 radical (unpaired) electrons. The molecule has 2 heterocycles. The lowest BCUT2D eigenvalue weighted by molar-refractivity contribution is 0.401. The Morgan fingerprint density at radius 2 is 2.00 bits per heavy atom. The van der Waals surface area contributed by atoms with Crippen LogP contribution in [0.1, 0.15) is 0 Å². The first kappa shape index (κ1) is 13.7. The number of nitrogen functional groups attached to an aromatic ring is 1. The number of benzene rings is 1. The van der Waals surface area contributed by atoms with E-state index in [-0.39, 0.29) is 33.2 Å². The lowest BCUT2D eigenvalue weighted by Gasteiger charge is -2.08. The summed E-state index contributed by atoms with van der Waals surface area (Å²) in [7, 11) is 1.41. The van der Waals surface area contributed by atoms with Gasteiger partial charge in [0.05, 0.1) is 17.3 Å². The second-order valence-electron chi connectivity index (χ2n) is 4.08. The molecule has 9 heteroatoms. The second-order valence-corrected chi connectivity index (χ2v) is 4.93. The van der Waals surface area contributed by atoms with Crippen molar-refractivity contribution in [3.8, 4) is 11.6 Å². The molecule has 21 heavy (non-hydrogen) atoms. The van der Waals surface area contributed by atoms with Crippen molar-refractivity contribution in [1.29, 1.82) is 0 Å². The average Bonchev–Trinajstić information content (AvgIpc) is 2.79. The molecule has 0 spiro atoms. The first-order valence-corrected chi connectivity index (χ1v) is 6.50. The summed E-state index contributed by atoms with van der Waals surface area (Å²) in [6.45, 7) is 0. The number of halogens is 3. The maximum atomic E-state index is 14.1. The highest BCUT2D eigenvalue weighted by atomic mass is 79.9.